The molecule has 0 fully saturated rings. The van der Waals surface area contributed by atoms with E-state index >= 15 is 0 Å². The van der Waals surface area contributed by atoms with Crippen LogP contribution in [0.1, 0.15) is 17.3 Å². The lowest BCUT2D eigenvalue weighted by Gasteiger charge is -2.01. The highest BCUT2D eigenvalue weighted by Gasteiger charge is 2.12. The van der Waals surface area contributed by atoms with Crippen molar-refractivity contribution in [3.8, 4) is 0 Å². The lowest BCUT2D eigenvalue weighted by molar-refractivity contribution is -0.683. The Hall–Kier alpha value is -1.91. The van der Waals surface area contributed by atoms with Crippen LogP contribution in [0.25, 0.3) is 0 Å². The second-order valence-corrected chi connectivity index (χ2v) is 4.81. The first-order chi connectivity index (χ1) is 9.54. The number of rotatable bonds is 4. The highest BCUT2D eigenvalue weighted by Crippen LogP contribution is 2.10. The van der Waals surface area contributed by atoms with Gasteiger partial charge in [0.25, 0.3) is 0 Å². The molecule has 6 heteroatoms. The van der Waals surface area contributed by atoms with Crippen molar-refractivity contribution in [2.45, 2.75) is 13.5 Å². The quantitative estimate of drug-likeness (QED) is 0.607. The molecule has 1 aromatic carbocycles. The van der Waals surface area contributed by atoms with Gasteiger partial charge >= 0.3 is 0 Å². The SMILES string of the molecule is CC(=O)Nc1cc[n+](CC(=O)c2ccc(Cl)cc2)cc1.[Cl-]. The van der Waals surface area contributed by atoms with Crippen LogP contribution in [-0.2, 0) is 11.3 Å². The molecule has 2 aromatic rings. The third kappa shape index (κ3) is 5.17. The number of aromatic nitrogens is 1. The van der Waals surface area contributed by atoms with E-state index in [1.807, 2.05) is 0 Å². The summed E-state index contributed by atoms with van der Waals surface area (Å²) in [6.07, 6.45) is 3.50. The summed E-state index contributed by atoms with van der Waals surface area (Å²) in [5.41, 5.74) is 1.32. The predicted octanol–water partition coefficient (Wildman–Crippen LogP) is -0.527. The van der Waals surface area contributed by atoms with Gasteiger partial charge in [-0.05, 0) is 24.3 Å². The third-order valence-electron chi connectivity index (χ3n) is 2.70. The zero-order chi connectivity index (χ0) is 14.5. The van der Waals surface area contributed by atoms with Gasteiger partial charge in [0.05, 0.1) is 5.69 Å². The predicted molar refractivity (Wildman–Crippen MR) is 76.7 cm³/mol. The van der Waals surface area contributed by atoms with Gasteiger partial charge in [0.2, 0.25) is 18.2 Å². The summed E-state index contributed by atoms with van der Waals surface area (Å²) in [6.45, 7) is 1.69. The number of carbonyl (C=O) groups is 2. The molecule has 21 heavy (non-hydrogen) atoms. The van der Waals surface area contributed by atoms with E-state index in [1.165, 1.54) is 6.92 Å². The summed E-state index contributed by atoms with van der Waals surface area (Å²) in [4.78, 5) is 23.0. The molecule has 0 atom stereocenters. The maximum absolute atomic E-state index is 12.1. The molecule has 110 valence electrons. The summed E-state index contributed by atoms with van der Waals surface area (Å²) >= 11 is 5.78. The monoisotopic (exact) mass is 324 g/mol. The minimum Gasteiger partial charge on any atom is -1.00 e. The topological polar surface area (TPSA) is 50.1 Å². The Kier molecular flexibility index (Phi) is 6.34. The largest absolute Gasteiger partial charge is 1.00 e. The van der Waals surface area contributed by atoms with Crippen molar-refractivity contribution >= 4 is 29.0 Å². The zero-order valence-corrected chi connectivity index (χ0v) is 12.9. The molecule has 0 aliphatic heterocycles. The van der Waals surface area contributed by atoms with Crippen LogP contribution in [0.4, 0.5) is 5.69 Å². The Labute approximate surface area is 134 Å². The van der Waals surface area contributed by atoms with Crippen molar-refractivity contribution < 1.29 is 26.6 Å². The van der Waals surface area contributed by atoms with E-state index in [2.05, 4.69) is 5.32 Å². The van der Waals surface area contributed by atoms with E-state index in [4.69, 9.17) is 11.6 Å². The van der Waals surface area contributed by atoms with Crippen LogP contribution in [0, 0.1) is 0 Å². The molecule has 0 aliphatic rings. The van der Waals surface area contributed by atoms with E-state index in [0.29, 0.717) is 16.3 Å². The summed E-state index contributed by atoms with van der Waals surface area (Å²) in [6, 6.07) is 10.3. The first kappa shape index (κ1) is 17.1. The van der Waals surface area contributed by atoms with Crippen molar-refractivity contribution in [2.75, 3.05) is 5.32 Å². The van der Waals surface area contributed by atoms with Crippen molar-refractivity contribution in [3.63, 3.8) is 0 Å². The average Bonchev–Trinajstić information content (AvgIpc) is 2.41. The molecule has 4 nitrogen and oxygen atoms in total. The highest BCUT2D eigenvalue weighted by molar-refractivity contribution is 6.30. The molecule has 1 heterocycles. The average molecular weight is 325 g/mol. The van der Waals surface area contributed by atoms with E-state index in [0.717, 1.165) is 0 Å². The molecule has 1 aromatic heterocycles. The first-order valence-corrected chi connectivity index (χ1v) is 6.48. The van der Waals surface area contributed by atoms with Crippen molar-refractivity contribution in [1.82, 2.24) is 0 Å². The zero-order valence-electron chi connectivity index (χ0n) is 11.3. The molecule has 2 rings (SSSR count). The summed E-state index contributed by atoms with van der Waals surface area (Å²) < 4.78 is 1.75. The normalized spacial score (nSPS) is 9.62. The van der Waals surface area contributed by atoms with Gasteiger partial charge in [-0.25, -0.2) is 0 Å². The van der Waals surface area contributed by atoms with Gasteiger partial charge in [-0.3, -0.25) is 9.59 Å². The number of carbonyl (C=O) groups excluding carboxylic acids is 2. The van der Waals surface area contributed by atoms with Gasteiger partial charge in [0.15, 0.2) is 12.4 Å². The number of hydrogen-bond donors (Lipinski definition) is 1. The smallest absolute Gasteiger partial charge is 0.227 e. The van der Waals surface area contributed by atoms with Gasteiger partial charge in [-0.15, -0.1) is 0 Å². The molecular weight excluding hydrogens is 311 g/mol. The van der Waals surface area contributed by atoms with E-state index in [-0.39, 0.29) is 30.6 Å². The van der Waals surface area contributed by atoms with Crippen molar-refractivity contribution in [1.29, 1.82) is 0 Å². The molecule has 1 amide bonds. The number of ketones is 1. The first-order valence-electron chi connectivity index (χ1n) is 6.10. The number of benzene rings is 1. The Balaban J connectivity index is 0.00000220. The molecule has 0 spiro atoms. The van der Waals surface area contributed by atoms with Gasteiger partial charge in [-0.1, -0.05) is 11.6 Å². The van der Waals surface area contributed by atoms with Crippen LogP contribution in [-0.4, -0.2) is 11.7 Å². The molecule has 0 bridgehead atoms. The van der Waals surface area contributed by atoms with Gasteiger partial charge in [-0.2, -0.15) is 4.57 Å². The van der Waals surface area contributed by atoms with Gasteiger partial charge in [0.1, 0.15) is 0 Å². The van der Waals surface area contributed by atoms with Gasteiger partial charge < -0.3 is 17.7 Å². The van der Waals surface area contributed by atoms with Crippen molar-refractivity contribution in [2.24, 2.45) is 0 Å². The van der Waals surface area contributed by atoms with E-state index in [9.17, 15) is 9.59 Å². The maximum Gasteiger partial charge on any atom is 0.227 e. The third-order valence-corrected chi connectivity index (χ3v) is 2.96. The summed E-state index contributed by atoms with van der Waals surface area (Å²) in [5.74, 6) is -0.126. The number of nitrogens with one attached hydrogen (secondary N) is 1. The Bertz CT molecular complexity index is 625. The van der Waals surface area contributed by atoms with Crippen LogP contribution in [0.5, 0.6) is 0 Å². The Morgan fingerprint density at radius 2 is 1.67 bits per heavy atom. The van der Waals surface area contributed by atoms with Gasteiger partial charge in [0, 0.05) is 29.6 Å². The van der Waals surface area contributed by atoms with Crippen LogP contribution in [0.3, 0.4) is 0 Å². The number of pyridine rings is 1. The highest BCUT2D eigenvalue weighted by atomic mass is 35.5. The molecule has 0 saturated carbocycles. The number of hydrogen-bond acceptors (Lipinski definition) is 2. The molecule has 0 saturated heterocycles. The summed E-state index contributed by atoms with van der Waals surface area (Å²) in [7, 11) is 0. The fraction of sp³-hybridized carbons (Fsp3) is 0.133. The number of amides is 1. The van der Waals surface area contributed by atoms with Crippen LogP contribution >= 0.6 is 11.6 Å². The van der Waals surface area contributed by atoms with Crippen LogP contribution < -0.4 is 22.3 Å². The second kappa shape index (κ2) is 7.76. The molecule has 0 unspecified atom stereocenters. The lowest BCUT2D eigenvalue weighted by atomic mass is 10.1. The number of nitrogens with zero attached hydrogens (tertiary/aromatic N) is 1. The number of anilines is 1. The van der Waals surface area contributed by atoms with Crippen LogP contribution in [0.15, 0.2) is 48.8 Å². The second-order valence-electron chi connectivity index (χ2n) is 4.37. The number of halogens is 2. The molecule has 0 radical (unpaired) electrons. The van der Waals surface area contributed by atoms with E-state index < -0.39 is 0 Å². The minimum absolute atomic E-state index is 0. The van der Waals surface area contributed by atoms with Crippen molar-refractivity contribution in [3.05, 3.63) is 59.4 Å². The summed E-state index contributed by atoms with van der Waals surface area (Å²) in [5, 5.41) is 3.28. The molecule has 1 N–H and O–H groups in total. The van der Waals surface area contributed by atoms with Crippen LogP contribution in [0.2, 0.25) is 5.02 Å². The minimum atomic E-state index is -0.125. The number of Topliss-reactive ketones (excluding diaryl/α,β-unsaturated/α-hetero) is 1. The lowest BCUT2D eigenvalue weighted by Crippen LogP contribution is -3.00. The fourth-order valence-corrected chi connectivity index (χ4v) is 1.87. The molecule has 0 aliphatic carbocycles. The Morgan fingerprint density at radius 1 is 1.10 bits per heavy atom. The standard InChI is InChI=1S/C15H13ClN2O2.ClH/c1-11(19)17-14-6-8-18(9-7-14)10-15(20)12-2-4-13(16)5-3-12;/h2-9H,10H2,1H3;1H. The maximum atomic E-state index is 12.1. The fourth-order valence-electron chi connectivity index (χ4n) is 1.74. The van der Waals surface area contributed by atoms with E-state index in [1.54, 1.807) is 53.4 Å². The Morgan fingerprint density at radius 3 is 2.19 bits per heavy atom. The molecular formula is C15H14Cl2N2O2.